The molecule has 0 saturated carbocycles. The van der Waals surface area contributed by atoms with Crippen LogP contribution in [0.5, 0.6) is 0 Å². The maximum absolute atomic E-state index is 12.9. The molecule has 2 nitrogen and oxygen atoms in total. The molecule has 0 atom stereocenters. The normalized spacial score (nSPS) is 10.4. The second-order valence-corrected chi connectivity index (χ2v) is 2.49. The standard InChI is InChI=1S/C9H10F2O2/c1-12-6-13-5-7-4-8(10)2-3-9(7)11/h2-4H,5-6H2,1H3. The van der Waals surface area contributed by atoms with Gasteiger partial charge in [-0.25, -0.2) is 8.78 Å². The van der Waals surface area contributed by atoms with Gasteiger partial charge in [-0.3, -0.25) is 0 Å². The van der Waals surface area contributed by atoms with Gasteiger partial charge in [-0.05, 0) is 18.2 Å². The van der Waals surface area contributed by atoms with Gasteiger partial charge in [-0.15, -0.1) is 0 Å². The molecule has 0 amide bonds. The van der Waals surface area contributed by atoms with Gasteiger partial charge >= 0.3 is 0 Å². The average Bonchev–Trinajstić information content (AvgIpc) is 2.11. The quantitative estimate of drug-likeness (QED) is 0.532. The second-order valence-electron chi connectivity index (χ2n) is 2.49. The van der Waals surface area contributed by atoms with Crippen LogP contribution in [0.15, 0.2) is 18.2 Å². The summed E-state index contributed by atoms with van der Waals surface area (Å²) in [5.41, 5.74) is 0.192. The fraction of sp³-hybridized carbons (Fsp3) is 0.333. The molecule has 0 heterocycles. The van der Waals surface area contributed by atoms with Crippen LogP contribution < -0.4 is 0 Å². The van der Waals surface area contributed by atoms with Crippen molar-refractivity contribution in [2.75, 3.05) is 13.9 Å². The molecule has 4 heteroatoms. The summed E-state index contributed by atoms with van der Waals surface area (Å²) < 4.78 is 35.0. The van der Waals surface area contributed by atoms with Crippen LogP contribution in [0.1, 0.15) is 5.56 Å². The second kappa shape index (κ2) is 4.89. The third kappa shape index (κ3) is 3.08. The predicted molar refractivity (Wildman–Crippen MR) is 43.0 cm³/mol. The summed E-state index contributed by atoms with van der Waals surface area (Å²) in [5, 5.41) is 0. The van der Waals surface area contributed by atoms with E-state index >= 15 is 0 Å². The van der Waals surface area contributed by atoms with E-state index in [4.69, 9.17) is 4.74 Å². The van der Waals surface area contributed by atoms with Crippen LogP contribution in [0.3, 0.4) is 0 Å². The van der Waals surface area contributed by atoms with Crippen molar-refractivity contribution in [3.8, 4) is 0 Å². The lowest BCUT2D eigenvalue weighted by molar-refractivity contribution is -0.0399. The minimum absolute atomic E-state index is 0.0113. The van der Waals surface area contributed by atoms with Gasteiger partial charge in [-0.1, -0.05) is 0 Å². The number of rotatable bonds is 4. The zero-order valence-corrected chi connectivity index (χ0v) is 7.22. The molecule has 0 spiro atoms. The molecule has 0 aliphatic carbocycles. The minimum Gasteiger partial charge on any atom is -0.359 e. The van der Waals surface area contributed by atoms with Gasteiger partial charge in [0.2, 0.25) is 0 Å². The Morgan fingerprint density at radius 2 is 2.08 bits per heavy atom. The highest BCUT2D eigenvalue weighted by Gasteiger charge is 2.03. The Morgan fingerprint density at radius 3 is 2.77 bits per heavy atom. The van der Waals surface area contributed by atoms with E-state index in [0.717, 1.165) is 18.2 Å². The molecule has 0 aliphatic heterocycles. The highest BCUT2D eigenvalue weighted by atomic mass is 19.1. The summed E-state index contributed by atoms with van der Waals surface area (Å²) in [6.07, 6.45) is 0. The Morgan fingerprint density at radius 1 is 1.31 bits per heavy atom. The van der Waals surface area contributed by atoms with Gasteiger partial charge < -0.3 is 9.47 Å². The Bertz CT molecular complexity index is 276. The zero-order chi connectivity index (χ0) is 9.68. The summed E-state index contributed by atoms with van der Waals surface area (Å²) in [5.74, 6) is -0.949. The Kier molecular flexibility index (Phi) is 3.79. The Labute approximate surface area is 75.1 Å². The van der Waals surface area contributed by atoms with Gasteiger partial charge in [0.05, 0.1) is 6.61 Å². The van der Waals surface area contributed by atoms with Crippen molar-refractivity contribution in [2.45, 2.75) is 6.61 Å². The first-order chi connectivity index (χ1) is 6.24. The first-order valence-corrected chi connectivity index (χ1v) is 3.74. The fourth-order valence-corrected chi connectivity index (χ4v) is 0.889. The maximum atomic E-state index is 12.9. The molecule has 1 rings (SSSR count). The molecule has 0 fully saturated rings. The van der Waals surface area contributed by atoms with Crippen molar-refractivity contribution in [1.82, 2.24) is 0 Å². The van der Waals surface area contributed by atoms with Crippen molar-refractivity contribution in [3.05, 3.63) is 35.4 Å². The summed E-state index contributed by atoms with van der Waals surface area (Å²) >= 11 is 0. The lowest BCUT2D eigenvalue weighted by atomic mass is 10.2. The number of hydrogen-bond acceptors (Lipinski definition) is 2. The predicted octanol–water partition coefficient (Wildman–Crippen LogP) is 2.09. The average molecular weight is 188 g/mol. The van der Waals surface area contributed by atoms with E-state index in [1.54, 1.807) is 0 Å². The van der Waals surface area contributed by atoms with E-state index in [9.17, 15) is 8.78 Å². The summed E-state index contributed by atoms with van der Waals surface area (Å²) in [4.78, 5) is 0. The van der Waals surface area contributed by atoms with Crippen LogP contribution >= 0.6 is 0 Å². The number of halogens is 2. The number of methoxy groups -OCH3 is 1. The third-order valence-corrected chi connectivity index (χ3v) is 1.47. The monoisotopic (exact) mass is 188 g/mol. The van der Waals surface area contributed by atoms with Crippen molar-refractivity contribution < 1.29 is 18.3 Å². The topological polar surface area (TPSA) is 18.5 Å². The third-order valence-electron chi connectivity index (χ3n) is 1.47. The van der Waals surface area contributed by atoms with Gasteiger partial charge in [0.1, 0.15) is 18.4 Å². The minimum atomic E-state index is -0.475. The number of hydrogen-bond donors (Lipinski definition) is 0. The number of benzene rings is 1. The molecule has 0 bridgehead atoms. The maximum Gasteiger partial charge on any atom is 0.146 e. The van der Waals surface area contributed by atoms with E-state index in [2.05, 4.69) is 4.74 Å². The molecule has 0 saturated heterocycles. The fourth-order valence-electron chi connectivity index (χ4n) is 0.889. The number of ether oxygens (including phenoxy) is 2. The van der Waals surface area contributed by atoms with Crippen molar-refractivity contribution in [3.63, 3.8) is 0 Å². The van der Waals surface area contributed by atoms with E-state index in [1.165, 1.54) is 7.11 Å². The first kappa shape index (κ1) is 10.1. The Hall–Kier alpha value is -1.00. The van der Waals surface area contributed by atoms with Gasteiger partial charge in [0.15, 0.2) is 0 Å². The van der Waals surface area contributed by atoms with Crippen molar-refractivity contribution in [1.29, 1.82) is 0 Å². The molecule has 0 aliphatic rings. The molecule has 0 radical (unpaired) electrons. The molecule has 1 aromatic carbocycles. The van der Waals surface area contributed by atoms with Gasteiger partial charge in [-0.2, -0.15) is 0 Å². The van der Waals surface area contributed by atoms with Crippen molar-refractivity contribution in [2.24, 2.45) is 0 Å². The van der Waals surface area contributed by atoms with Gasteiger partial charge in [0, 0.05) is 12.7 Å². The highest BCUT2D eigenvalue weighted by molar-refractivity contribution is 5.17. The van der Waals surface area contributed by atoms with Crippen molar-refractivity contribution >= 4 is 0 Å². The molecule has 0 N–H and O–H groups in total. The van der Waals surface area contributed by atoms with Crippen LogP contribution in [0.2, 0.25) is 0 Å². The van der Waals surface area contributed by atoms with E-state index in [1.807, 2.05) is 0 Å². The lowest BCUT2D eigenvalue weighted by Gasteiger charge is -2.03. The molecule has 1 aromatic rings. The SMILES string of the molecule is COCOCc1cc(F)ccc1F. The van der Waals surface area contributed by atoms with Gasteiger partial charge in [0.25, 0.3) is 0 Å². The van der Waals surface area contributed by atoms with Crippen LogP contribution in [-0.4, -0.2) is 13.9 Å². The first-order valence-electron chi connectivity index (χ1n) is 3.74. The van der Waals surface area contributed by atoms with Crippen LogP contribution in [0, 0.1) is 11.6 Å². The van der Waals surface area contributed by atoms with Crippen LogP contribution in [0.25, 0.3) is 0 Å². The lowest BCUT2D eigenvalue weighted by Crippen LogP contribution is -1.99. The van der Waals surface area contributed by atoms with Crippen LogP contribution in [-0.2, 0) is 16.1 Å². The molecular formula is C9H10F2O2. The molecule has 72 valence electrons. The summed E-state index contributed by atoms with van der Waals surface area (Å²) in [6.45, 7) is 0.0768. The van der Waals surface area contributed by atoms with E-state index in [0.29, 0.717) is 0 Å². The van der Waals surface area contributed by atoms with E-state index < -0.39 is 11.6 Å². The highest BCUT2D eigenvalue weighted by Crippen LogP contribution is 2.10. The Balaban J connectivity index is 2.59. The van der Waals surface area contributed by atoms with Crippen LogP contribution in [0.4, 0.5) is 8.78 Å². The zero-order valence-electron chi connectivity index (χ0n) is 7.22. The largest absolute Gasteiger partial charge is 0.359 e. The molecule has 13 heavy (non-hydrogen) atoms. The smallest absolute Gasteiger partial charge is 0.146 e. The van der Waals surface area contributed by atoms with E-state index in [-0.39, 0.29) is 19.0 Å². The molecular weight excluding hydrogens is 178 g/mol. The summed E-state index contributed by atoms with van der Waals surface area (Å²) in [7, 11) is 1.46. The molecule has 0 aromatic heterocycles. The summed E-state index contributed by atoms with van der Waals surface area (Å²) in [6, 6.07) is 3.24. The molecule has 0 unspecified atom stereocenters.